The van der Waals surface area contributed by atoms with Crippen LogP contribution in [0.5, 0.6) is 0 Å². The Bertz CT molecular complexity index is 1650. The van der Waals surface area contributed by atoms with Crippen LogP contribution in [0.3, 0.4) is 0 Å². The molecule has 0 radical (unpaired) electrons. The summed E-state index contributed by atoms with van der Waals surface area (Å²) in [5, 5.41) is 0. The number of carbonyl (C=O) groups excluding carboxylic acids is 2. The van der Waals surface area contributed by atoms with E-state index in [1.54, 1.807) is 0 Å². The molecule has 95 heavy (non-hydrogen) atoms. The van der Waals surface area contributed by atoms with Gasteiger partial charge in [-0.25, -0.2) is 0 Å². The summed E-state index contributed by atoms with van der Waals surface area (Å²) in [5.41, 5.74) is 0. The number of unbranched alkanes of at least 4 members (excludes halogenated alkanes) is 63. The fourth-order valence-electron chi connectivity index (χ4n) is 13.2. The average molecular weight is 1360 g/mol. The predicted octanol–water partition coefficient (Wildman–Crippen LogP) is 27.7. The first-order chi connectivity index (χ1) is 46.5. The number of esters is 2. The minimum absolute atomic E-state index is 0.0258. The highest BCUT2D eigenvalue weighted by atomic mass is 31.2. The Morgan fingerprint density at radius 3 is 0.832 bits per heavy atom. The summed E-state index contributed by atoms with van der Waals surface area (Å²) in [5.74, 6) is -0.802. The van der Waals surface area contributed by atoms with Gasteiger partial charge in [0.15, 0.2) is 6.10 Å². The molecule has 9 nitrogen and oxygen atoms in total. The number of ether oxygens (including phenoxy) is 2. The fourth-order valence-corrected chi connectivity index (χ4v) is 14.0. The number of nitrogens with zero attached hydrogens (tertiary/aromatic N) is 1. The van der Waals surface area contributed by atoms with Crippen LogP contribution in [0.1, 0.15) is 457 Å². The smallest absolute Gasteiger partial charge is 0.306 e. The monoisotopic (exact) mass is 1360 g/mol. The summed E-state index contributed by atoms with van der Waals surface area (Å²) in [7, 11) is 1.20. The number of quaternary nitrogens is 1. The number of likely N-dealkylation sites (N-methyl/N-ethyl adjacent to an activating group) is 1. The van der Waals surface area contributed by atoms with Gasteiger partial charge in [-0.1, -0.05) is 423 Å². The number of phosphoric acid groups is 1. The number of carbonyl (C=O) groups is 2. The first kappa shape index (κ1) is 93.5. The van der Waals surface area contributed by atoms with E-state index >= 15 is 0 Å². The number of rotatable bonds is 81. The van der Waals surface area contributed by atoms with Crippen molar-refractivity contribution in [2.45, 2.75) is 463 Å². The summed E-state index contributed by atoms with van der Waals surface area (Å²) in [6.07, 6.45) is 99.1. The van der Waals surface area contributed by atoms with Crippen LogP contribution in [0.2, 0.25) is 0 Å². The minimum Gasteiger partial charge on any atom is -0.756 e. The van der Waals surface area contributed by atoms with E-state index in [-0.39, 0.29) is 32.0 Å². The summed E-state index contributed by atoms with van der Waals surface area (Å²) in [4.78, 5) is 38.2. The molecule has 0 saturated carbocycles. The SMILES string of the molecule is CCCCCCC/C=C\C/C=C\CCCCCCCCCCCCCCCCCCCCCCCCCCCCCC(=O)OC(COC(=O)CCCCCCCCCCCCCCCCCCCCCCCCCCCCCCCCCC)COP(=O)([O-])OCC[N+](C)(C)C. The van der Waals surface area contributed by atoms with E-state index in [0.717, 1.165) is 38.5 Å². The predicted molar refractivity (Wildman–Crippen MR) is 411 cm³/mol. The second kappa shape index (κ2) is 76.7. The lowest BCUT2D eigenvalue weighted by Gasteiger charge is -2.28. The van der Waals surface area contributed by atoms with Crippen molar-refractivity contribution in [3.8, 4) is 0 Å². The quantitative estimate of drug-likeness (QED) is 0.0195. The lowest BCUT2D eigenvalue weighted by atomic mass is 10.0. The molecule has 0 aliphatic heterocycles. The Morgan fingerprint density at radius 1 is 0.326 bits per heavy atom. The van der Waals surface area contributed by atoms with Gasteiger partial charge >= 0.3 is 11.9 Å². The largest absolute Gasteiger partial charge is 0.756 e. The first-order valence-electron chi connectivity index (χ1n) is 42.5. The fraction of sp³-hybridized carbons (Fsp3) is 0.929. The van der Waals surface area contributed by atoms with Crippen molar-refractivity contribution in [3.63, 3.8) is 0 Å². The minimum atomic E-state index is -4.64. The molecular formula is C85H166NO8P. The van der Waals surface area contributed by atoms with Gasteiger partial charge in [0.25, 0.3) is 7.82 Å². The lowest BCUT2D eigenvalue weighted by molar-refractivity contribution is -0.870. The molecule has 564 valence electrons. The first-order valence-corrected chi connectivity index (χ1v) is 44.0. The van der Waals surface area contributed by atoms with Crippen molar-refractivity contribution < 1.29 is 42.1 Å². The third kappa shape index (κ3) is 81.3. The Morgan fingerprint density at radius 2 is 0.568 bits per heavy atom. The van der Waals surface area contributed by atoms with Crippen LogP contribution in [0.4, 0.5) is 0 Å². The molecule has 0 fully saturated rings. The van der Waals surface area contributed by atoms with E-state index in [2.05, 4.69) is 38.2 Å². The number of allylic oxidation sites excluding steroid dienone is 4. The van der Waals surface area contributed by atoms with E-state index in [0.29, 0.717) is 17.4 Å². The molecule has 10 heteroatoms. The average Bonchev–Trinajstić information content (AvgIpc) is 2.18. The van der Waals surface area contributed by atoms with Gasteiger partial charge in [0.2, 0.25) is 0 Å². The van der Waals surface area contributed by atoms with Gasteiger partial charge in [-0.3, -0.25) is 14.2 Å². The molecule has 0 rings (SSSR count). The van der Waals surface area contributed by atoms with Crippen LogP contribution < -0.4 is 4.89 Å². The van der Waals surface area contributed by atoms with E-state index in [9.17, 15) is 19.0 Å². The Kier molecular flexibility index (Phi) is 75.4. The van der Waals surface area contributed by atoms with Crippen LogP contribution in [0, 0.1) is 0 Å². The van der Waals surface area contributed by atoms with Crippen LogP contribution in [0.15, 0.2) is 24.3 Å². The summed E-state index contributed by atoms with van der Waals surface area (Å²) in [6, 6.07) is 0. The van der Waals surface area contributed by atoms with Gasteiger partial charge in [0, 0.05) is 12.8 Å². The van der Waals surface area contributed by atoms with Crippen LogP contribution in [-0.2, 0) is 32.7 Å². The van der Waals surface area contributed by atoms with Crippen molar-refractivity contribution in [3.05, 3.63) is 24.3 Å². The number of hydrogen-bond donors (Lipinski definition) is 0. The topological polar surface area (TPSA) is 111 Å². The summed E-state index contributed by atoms with van der Waals surface area (Å²) in [6.45, 7) is 4.33. The number of phosphoric ester groups is 1. The molecule has 2 atom stereocenters. The highest BCUT2D eigenvalue weighted by Crippen LogP contribution is 2.38. The Balaban J connectivity index is 3.86. The maximum absolute atomic E-state index is 12.9. The van der Waals surface area contributed by atoms with Crippen molar-refractivity contribution in [1.82, 2.24) is 0 Å². The Hall–Kier alpha value is -1.51. The van der Waals surface area contributed by atoms with E-state index in [1.807, 2.05) is 21.1 Å². The lowest BCUT2D eigenvalue weighted by Crippen LogP contribution is -2.37. The van der Waals surface area contributed by atoms with E-state index < -0.39 is 26.5 Å². The molecule has 0 aromatic carbocycles. The van der Waals surface area contributed by atoms with E-state index in [4.69, 9.17) is 18.5 Å². The van der Waals surface area contributed by atoms with Gasteiger partial charge in [-0.05, 0) is 44.9 Å². The maximum Gasteiger partial charge on any atom is 0.306 e. The molecular weight excluding hydrogens is 1190 g/mol. The third-order valence-electron chi connectivity index (χ3n) is 19.7. The zero-order chi connectivity index (χ0) is 69.0. The van der Waals surface area contributed by atoms with Gasteiger partial charge in [0.05, 0.1) is 27.7 Å². The van der Waals surface area contributed by atoms with Crippen molar-refractivity contribution >= 4 is 19.8 Å². The molecule has 0 bridgehead atoms. The molecule has 2 unspecified atom stereocenters. The zero-order valence-electron chi connectivity index (χ0n) is 64.7. The zero-order valence-corrected chi connectivity index (χ0v) is 65.6. The standard InChI is InChI=1S/C85H166NO8P/c1-6-8-10-12-14-16-18-20-22-24-26-28-30-32-34-36-38-40-41-42-43-44-45-46-48-50-52-54-56-58-60-62-64-66-68-70-72-74-76-78-85(88)94-83(82-93-95(89,90)92-80-79-86(3,4)5)81-91-84(87)77-75-73-71-69-67-65-63-61-59-57-55-53-51-49-47-39-37-35-33-31-29-27-25-23-21-19-17-15-13-11-9-7-2/h18,20,24,26,83H,6-17,19,21-23,25,27-82H2,1-5H3/b20-18-,26-24-. The third-order valence-corrected chi connectivity index (χ3v) is 20.7. The van der Waals surface area contributed by atoms with E-state index in [1.165, 1.54) is 385 Å². The molecule has 0 aromatic heterocycles. The molecule has 0 aromatic rings. The Labute approximate surface area is 593 Å². The van der Waals surface area contributed by atoms with Crippen molar-refractivity contribution in [2.75, 3.05) is 47.5 Å². The normalized spacial score (nSPS) is 13.0. The molecule has 0 aliphatic carbocycles. The highest BCUT2D eigenvalue weighted by Gasteiger charge is 2.22. The summed E-state index contributed by atoms with van der Waals surface area (Å²) < 4.78 is 34.5. The number of hydrogen-bond acceptors (Lipinski definition) is 8. The van der Waals surface area contributed by atoms with Gasteiger partial charge in [-0.15, -0.1) is 0 Å². The van der Waals surface area contributed by atoms with Crippen LogP contribution in [-0.4, -0.2) is 70.0 Å². The van der Waals surface area contributed by atoms with Crippen molar-refractivity contribution in [2.24, 2.45) is 0 Å². The second-order valence-electron chi connectivity index (χ2n) is 30.6. The molecule has 0 amide bonds. The van der Waals surface area contributed by atoms with Crippen LogP contribution in [0.25, 0.3) is 0 Å². The van der Waals surface area contributed by atoms with Gasteiger partial charge in [-0.2, -0.15) is 0 Å². The molecule has 0 saturated heterocycles. The molecule has 0 heterocycles. The summed E-state index contributed by atoms with van der Waals surface area (Å²) >= 11 is 0. The molecule has 0 aliphatic rings. The van der Waals surface area contributed by atoms with Crippen molar-refractivity contribution in [1.29, 1.82) is 0 Å². The van der Waals surface area contributed by atoms with Gasteiger partial charge < -0.3 is 27.9 Å². The molecule has 0 spiro atoms. The van der Waals surface area contributed by atoms with Crippen LogP contribution >= 0.6 is 7.82 Å². The second-order valence-corrected chi connectivity index (χ2v) is 32.0. The highest BCUT2D eigenvalue weighted by molar-refractivity contribution is 7.45. The van der Waals surface area contributed by atoms with Gasteiger partial charge in [0.1, 0.15) is 19.8 Å². The molecule has 0 N–H and O–H groups in total. The maximum atomic E-state index is 12.9.